The zero-order valence-corrected chi connectivity index (χ0v) is 14.8. The van der Waals surface area contributed by atoms with Crippen molar-refractivity contribution in [2.75, 3.05) is 0 Å². The molecule has 1 heterocycles. The van der Waals surface area contributed by atoms with Crippen LogP contribution in [0, 0.1) is 6.92 Å². The minimum atomic E-state index is -0.649. The Hall–Kier alpha value is -2.43. The van der Waals surface area contributed by atoms with Gasteiger partial charge in [-0.05, 0) is 68.7 Å². The van der Waals surface area contributed by atoms with Gasteiger partial charge < -0.3 is 5.32 Å². The van der Waals surface area contributed by atoms with Crippen molar-refractivity contribution in [3.63, 3.8) is 0 Å². The van der Waals surface area contributed by atoms with Crippen LogP contribution in [0.5, 0.6) is 0 Å². The minimum Gasteiger partial charge on any atom is -0.340 e. The van der Waals surface area contributed by atoms with E-state index < -0.39 is 11.9 Å². The zero-order chi connectivity index (χ0) is 18.0. The first kappa shape index (κ1) is 17.4. The summed E-state index contributed by atoms with van der Waals surface area (Å²) in [5.74, 6) is -0.972. The second kappa shape index (κ2) is 7.21. The average molecular weight is 340 g/mol. The molecule has 2 aliphatic rings. The lowest BCUT2D eigenvalue weighted by molar-refractivity contribution is -0.134. The number of nitrogens with one attached hydrogen (secondary N) is 2. The third-order valence-corrected chi connectivity index (χ3v) is 5.19. The van der Waals surface area contributed by atoms with Crippen LogP contribution in [-0.4, -0.2) is 23.8 Å². The van der Waals surface area contributed by atoms with Gasteiger partial charge in [0.2, 0.25) is 11.8 Å². The van der Waals surface area contributed by atoms with Gasteiger partial charge in [-0.15, -0.1) is 0 Å². The van der Waals surface area contributed by atoms with Crippen molar-refractivity contribution in [1.29, 1.82) is 0 Å². The van der Waals surface area contributed by atoms with Crippen molar-refractivity contribution in [1.82, 2.24) is 10.6 Å². The van der Waals surface area contributed by atoms with Crippen LogP contribution in [0.1, 0.15) is 66.9 Å². The lowest BCUT2D eigenvalue weighted by Crippen LogP contribution is -2.52. The number of carbonyl (C=O) groups excluding carboxylic acids is 3. The van der Waals surface area contributed by atoms with Crippen LogP contribution >= 0.6 is 0 Å². The van der Waals surface area contributed by atoms with Crippen LogP contribution in [0.25, 0.3) is 5.57 Å². The molecule has 3 amide bonds. The monoisotopic (exact) mass is 340 g/mol. The Morgan fingerprint density at radius 3 is 2.60 bits per heavy atom. The Labute approximate surface area is 147 Å². The fourth-order valence-electron chi connectivity index (χ4n) is 3.70. The van der Waals surface area contributed by atoms with Crippen molar-refractivity contribution in [2.45, 2.75) is 58.4 Å². The summed E-state index contributed by atoms with van der Waals surface area (Å²) >= 11 is 0. The zero-order valence-electron chi connectivity index (χ0n) is 14.8. The highest BCUT2D eigenvalue weighted by atomic mass is 16.2. The van der Waals surface area contributed by atoms with Crippen molar-refractivity contribution in [3.8, 4) is 0 Å². The number of hydrogen-bond donors (Lipinski definition) is 2. The smallest absolute Gasteiger partial charge is 0.252 e. The lowest BCUT2D eigenvalue weighted by atomic mass is 9.85. The predicted octanol–water partition coefficient (Wildman–Crippen LogP) is 2.88. The highest BCUT2D eigenvalue weighted by molar-refractivity contribution is 6.04. The molecule has 0 bridgehead atoms. The van der Waals surface area contributed by atoms with E-state index in [2.05, 4.69) is 23.6 Å². The third-order valence-electron chi connectivity index (χ3n) is 5.19. The standard InChI is InChI=1S/C20H24N2O3/c1-12-6-3-4-7-14(12)15-8-5-9-16(13(15)2)19(24)21-17-10-11-18(23)22-20(17)25/h5,8-9,17H,3-4,6-7,10-11H2,1-2H3,(H,21,24)(H,22,23,25). The summed E-state index contributed by atoms with van der Waals surface area (Å²) < 4.78 is 0. The topological polar surface area (TPSA) is 75.3 Å². The molecular weight excluding hydrogens is 316 g/mol. The maximum Gasteiger partial charge on any atom is 0.252 e. The van der Waals surface area contributed by atoms with Gasteiger partial charge in [0.25, 0.3) is 5.91 Å². The summed E-state index contributed by atoms with van der Waals surface area (Å²) in [5, 5.41) is 5.04. The summed E-state index contributed by atoms with van der Waals surface area (Å²) in [7, 11) is 0. The molecule has 1 aliphatic heterocycles. The molecule has 1 saturated heterocycles. The van der Waals surface area contributed by atoms with E-state index in [0.717, 1.165) is 24.0 Å². The van der Waals surface area contributed by atoms with E-state index in [9.17, 15) is 14.4 Å². The lowest BCUT2D eigenvalue weighted by Gasteiger charge is -2.23. The largest absolute Gasteiger partial charge is 0.340 e. The molecule has 132 valence electrons. The first-order valence-electron chi connectivity index (χ1n) is 8.90. The number of benzene rings is 1. The summed E-state index contributed by atoms with van der Waals surface area (Å²) in [5.41, 5.74) is 5.42. The molecule has 0 spiro atoms. The van der Waals surface area contributed by atoms with E-state index in [1.807, 2.05) is 13.0 Å². The molecule has 1 aromatic carbocycles. The Balaban J connectivity index is 1.83. The van der Waals surface area contributed by atoms with Gasteiger partial charge in [-0.1, -0.05) is 17.7 Å². The number of carbonyl (C=O) groups is 3. The van der Waals surface area contributed by atoms with Crippen molar-refractivity contribution in [2.24, 2.45) is 0 Å². The fourth-order valence-corrected chi connectivity index (χ4v) is 3.70. The molecule has 1 unspecified atom stereocenters. The summed E-state index contributed by atoms with van der Waals surface area (Å²) in [6.07, 6.45) is 5.16. The molecule has 0 aromatic heterocycles. The predicted molar refractivity (Wildman–Crippen MR) is 95.9 cm³/mol. The molecule has 25 heavy (non-hydrogen) atoms. The van der Waals surface area contributed by atoms with Crippen molar-refractivity contribution < 1.29 is 14.4 Å². The normalized spacial score (nSPS) is 21.1. The van der Waals surface area contributed by atoms with E-state index >= 15 is 0 Å². The number of imide groups is 1. The van der Waals surface area contributed by atoms with Gasteiger partial charge >= 0.3 is 0 Å². The van der Waals surface area contributed by atoms with Gasteiger partial charge in [-0.3, -0.25) is 19.7 Å². The molecule has 0 saturated carbocycles. The number of amides is 3. The van der Waals surface area contributed by atoms with Crippen LogP contribution in [0.15, 0.2) is 23.8 Å². The van der Waals surface area contributed by atoms with Crippen LogP contribution in [0.2, 0.25) is 0 Å². The van der Waals surface area contributed by atoms with E-state index in [1.165, 1.54) is 24.0 Å². The molecule has 3 rings (SSSR count). The second-order valence-corrected chi connectivity index (χ2v) is 6.92. The van der Waals surface area contributed by atoms with Crippen LogP contribution in [0.4, 0.5) is 0 Å². The summed E-state index contributed by atoms with van der Waals surface area (Å²) in [6, 6.07) is 5.11. The number of rotatable bonds is 3. The van der Waals surface area contributed by atoms with Gasteiger partial charge in [-0.25, -0.2) is 0 Å². The Kier molecular flexibility index (Phi) is 5.02. The van der Waals surface area contributed by atoms with Crippen molar-refractivity contribution >= 4 is 23.3 Å². The van der Waals surface area contributed by atoms with Crippen LogP contribution in [-0.2, 0) is 9.59 Å². The first-order valence-corrected chi connectivity index (χ1v) is 8.90. The Morgan fingerprint density at radius 1 is 1.12 bits per heavy atom. The highest BCUT2D eigenvalue weighted by Gasteiger charge is 2.28. The van der Waals surface area contributed by atoms with Gasteiger partial charge in [0, 0.05) is 12.0 Å². The summed E-state index contributed by atoms with van der Waals surface area (Å²) in [4.78, 5) is 35.8. The van der Waals surface area contributed by atoms with Crippen LogP contribution in [0.3, 0.4) is 0 Å². The molecule has 0 radical (unpaired) electrons. The van der Waals surface area contributed by atoms with Gasteiger partial charge in [0.15, 0.2) is 0 Å². The van der Waals surface area contributed by atoms with E-state index in [4.69, 9.17) is 0 Å². The Morgan fingerprint density at radius 2 is 1.88 bits per heavy atom. The molecule has 1 aliphatic carbocycles. The number of hydrogen-bond acceptors (Lipinski definition) is 3. The molecule has 2 N–H and O–H groups in total. The molecule has 1 fully saturated rings. The molecule has 1 aromatic rings. The fraction of sp³-hybridized carbons (Fsp3) is 0.450. The molecule has 5 heteroatoms. The van der Waals surface area contributed by atoms with E-state index in [-0.39, 0.29) is 18.2 Å². The van der Waals surface area contributed by atoms with Crippen molar-refractivity contribution in [3.05, 3.63) is 40.5 Å². The molecular formula is C20H24N2O3. The third kappa shape index (κ3) is 3.65. The van der Waals surface area contributed by atoms with Gasteiger partial charge in [0.1, 0.15) is 6.04 Å². The SMILES string of the molecule is CC1=C(c2cccc(C(=O)NC3CCC(=O)NC3=O)c2C)CCCC1. The maximum absolute atomic E-state index is 12.7. The molecule has 5 nitrogen and oxygen atoms in total. The first-order chi connectivity index (χ1) is 12.0. The Bertz CT molecular complexity index is 764. The van der Waals surface area contributed by atoms with Gasteiger partial charge in [-0.2, -0.15) is 0 Å². The van der Waals surface area contributed by atoms with E-state index in [1.54, 1.807) is 6.07 Å². The highest BCUT2D eigenvalue weighted by Crippen LogP contribution is 2.34. The minimum absolute atomic E-state index is 0.252. The number of allylic oxidation sites excluding steroid dienone is 2. The maximum atomic E-state index is 12.7. The van der Waals surface area contributed by atoms with Crippen LogP contribution < -0.4 is 10.6 Å². The van der Waals surface area contributed by atoms with Gasteiger partial charge in [0.05, 0.1) is 0 Å². The summed E-state index contributed by atoms with van der Waals surface area (Å²) in [6.45, 7) is 4.13. The molecule has 1 atom stereocenters. The average Bonchev–Trinajstić information content (AvgIpc) is 2.58. The van der Waals surface area contributed by atoms with E-state index in [0.29, 0.717) is 12.0 Å². The number of piperidine rings is 1. The second-order valence-electron chi connectivity index (χ2n) is 6.92. The quantitative estimate of drug-likeness (QED) is 0.831.